The van der Waals surface area contributed by atoms with Crippen LogP contribution in [0.2, 0.25) is 5.02 Å². The Balaban J connectivity index is 1.21. The topological polar surface area (TPSA) is 96.9 Å². The zero-order valence-corrected chi connectivity index (χ0v) is 22.8. The van der Waals surface area contributed by atoms with Gasteiger partial charge in [0.15, 0.2) is 0 Å². The Morgan fingerprint density at radius 2 is 1.60 bits per heavy atom. The first-order valence-corrected chi connectivity index (χ1v) is 13.4. The molecule has 0 radical (unpaired) electrons. The van der Waals surface area contributed by atoms with Gasteiger partial charge in [-0.2, -0.15) is 5.10 Å². The first-order chi connectivity index (χ1) is 19.4. The van der Waals surface area contributed by atoms with Crippen molar-refractivity contribution in [3.63, 3.8) is 0 Å². The number of esters is 1. The third-order valence-electron chi connectivity index (χ3n) is 5.90. The molecule has 0 saturated carbocycles. The fourth-order valence-corrected chi connectivity index (χ4v) is 5.28. The molecule has 40 heavy (non-hydrogen) atoms. The lowest BCUT2D eigenvalue weighted by Gasteiger charge is -2.07. The Morgan fingerprint density at radius 1 is 0.850 bits per heavy atom. The van der Waals surface area contributed by atoms with Crippen LogP contribution in [0.25, 0.3) is 10.1 Å². The third kappa shape index (κ3) is 6.09. The molecule has 0 aliphatic carbocycles. The molecule has 1 heterocycles. The molecule has 198 valence electrons. The van der Waals surface area contributed by atoms with E-state index in [2.05, 4.69) is 15.8 Å². The van der Waals surface area contributed by atoms with Crippen LogP contribution in [0, 0.1) is 6.92 Å². The summed E-state index contributed by atoms with van der Waals surface area (Å²) in [5.74, 6) is -0.989. The normalized spacial score (nSPS) is 10.9. The van der Waals surface area contributed by atoms with Crippen molar-refractivity contribution < 1.29 is 19.1 Å². The van der Waals surface area contributed by atoms with Crippen LogP contribution in [0.3, 0.4) is 0 Å². The molecule has 0 atom stereocenters. The van der Waals surface area contributed by atoms with Crippen molar-refractivity contribution in [2.24, 2.45) is 5.10 Å². The van der Waals surface area contributed by atoms with Gasteiger partial charge in [-0.05, 0) is 61.5 Å². The van der Waals surface area contributed by atoms with Gasteiger partial charge in [-0.3, -0.25) is 9.59 Å². The standard InChI is InChI=1S/C31H22ClN3O4S/c1-19-7-6-9-21(17-19)29(36)34-23-15-13-20(14-16-23)30(37)35-33-18-22-8-2-4-11-25(22)39-31(38)28-27(32)24-10-3-5-12-26(24)40-28/h2-18H,1H3,(H,34,36)(H,35,37)/b33-18-. The average Bonchev–Trinajstić information content (AvgIpc) is 3.31. The van der Waals surface area contributed by atoms with Gasteiger partial charge in [0.2, 0.25) is 0 Å². The van der Waals surface area contributed by atoms with E-state index in [1.54, 1.807) is 60.7 Å². The van der Waals surface area contributed by atoms with Gasteiger partial charge >= 0.3 is 5.97 Å². The number of fused-ring (bicyclic) bond motifs is 1. The highest BCUT2D eigenvalue weighted by Crippen LogP contribution is 2.36. The van der Waals surface area contributed by atoms with Gasteiger partial charge in [-0.1, -0.05) is 59.6 Å². The van der Waals surface area contributed by atoms with Crippen molar-refractivity contribution in [2.45, 2.75) is 6.92 Å². The molecule has 5 rings (SSSR count). The first-order valence-electron chi connectivity index (χ1n) is 12.2. The average molecular weight is 568 g/mol. The third-order valence-corrected chi connectivity index (χ3v) is 7.55. The number of carbonyl (C=O) groups is 3. The van der Waals surface area contributed by atoms with Crippen molar-refractivity contribution in [3.05, 3.63) is 129 Å². The number of anilines is 1. The smallest absolute Gasteiger partial charge is 0.355 e. The van der Waals surface area contributed by atoms with Crippen molar-refractivity contribution in [3.8, 4) is 5.75 Å². The van der Waals surface area contributed by atoms with Gasteiger partial charge in [0.05, 0.1) is 11.2 Å². The predicted molar refractivity (Wildman–Crippen MR) is 159 cm³/mol. The second-order valence-corrected chi connectivity index (χ2v) is 10.2. The molecule has 0 bridgehead atoms. The summed E-state index contributed by atoms with van der Waals surface area (Å²) in [5, 5.41) is 7.98. The number of para-hydroxylation sites is 1. The van der Waals surface area contributed by atoms with E-state index in [4.69, 9.17) is 16.3 Å². The number of nitrogens with one attached hydrogen (secondary N) is 2. The number of carbonyl (C=O) groups excluding carboxylic acids is 3. The molecule has 0 aliphatic rings. The minimum atomic E-state index is -0.578. The number of hydrazone groups is 1. The van der Waals surface area contributed by atoms with E-state index in [0.717, 1.165) is 15.6 Å². The molecule has 2 N–H and O–H groups in total. The second-order valence-electron chi connectivity index (χ2n) is 8.77. The van der Waals surface area contributed by atoms with Gasteiger partial charge in [-0.25, -0.2) is 10.2 Å². The number of amides is 2. The minimum Gasteiger partial charge on any atom is -0.422 e. The molecule has 0 unspecified atom stereocenters. The Morgan fingerprint density at radius 3 is 2.38 bits per heavy atom. The maximum absolute atomic E-state index is 12.9. The highest BCUT2D eigenvalue weighted by Gasteiger charge is 2.20. The van der Waals surface area contributed by atoms with E-state index < -0.39 is 11.9 Å². The predicted octanol–water partition coefficient (Wildman–Crippen LogP) is 7.10. The number of thiophene rings is 1. The van der Waals surface area contributed by atoms with Crippen LogP contribution in [-0.2, 0) is 0 Å². The van der Waals surface area contributed by atoms with Crippen molar-refractivity contribution in [2.75, 3.05) is 5.32 Å². The second kappa shape index (κ2) is 11.9. The largest absolute Gasteiger partial charge is 0.422 e. The van der Waals surface area contributed by atoms with Crippen molar-refractivity contribution in [1.29, 1.82) is 0 Å². The van der Waals surface area contributed by atoms with Crippen LogP contribution in [0.5, 0.6) is 5.75 Å². The Kier molecular flexibility index (Phi) is 8.00. The summed E-state index contributed by atoms with van der Waals surface area (Å²) >= 11 is 7.68. The van der Waals surface area contributed by atoms with E-state index in [1.165, 1.54) is 17.6 Å². The van der Waals surface area contributed by atoms with Crippen LogP contribution in [0.1, 0.15) is 41.5 Å². The van der Waals surface area contributed by atoms with E-state index in [-0.39, 0.29) is 11.7 Å². The van der Waals surface area contributed by atoms with Gasteiger partial charge < -0.3 is 10.1 Å². The fraction of sp³-hybridized carbons (Fsp3) is 0.0323. The highest BCUT2D eigenvalue weighted by atomic mass is 35.5. The molecule has 0 fully saturated rings. The number of rotatable bonds is 7. The highest BCUT2D eigenvalue weighted by molar-refractivity contribution is 7.21. The maximum Gasteiger partial charge on any atom is 0.355 e. The van der Waals surface area contributed by atoms with Crippen LogP contribution in [-0.4, -0.2) is 24.0 Å². The summed E-state index contributed by atoms with van der Waals surface area (Å²) in [4.78, 5) is 38.2. The van der Waals surface area contributed by atoms with Gasteiger partial charge in [-0.15, -0.1) is 11.3 Å². The van der Waals surface area contributed by atoms with Crippen LogP contribution in [0.4, 0.5) is 5.69 Å². The summed E-state index contributed by atoms with van der Waals surface area (Å²) in [6, 6.07) is 28.0. The van der Waals surface area contributed by atoms with E-state index in [1.807, 2.05) is 43.3 Å². The molecule has 0 spiro atoms. The molecular formula is C31H22ClN3O4S. The molecule has 5 aromatic rings. The quantitative estimate of drug-likeness (QED) is 0.0948. The van der Waals surface area contributed by atoms with Gasteiger partial charge in [0.1, 0.15) is 10.6 Å². The van der Waals surface area contributed by atoms with E-state index in [0.29, 0.717) is 32.3 Å². The molecule has 7 nitrogen and oxygen atoms in total. The summed E-state index contributed by atoms with van der Waals surface area (Å²) in [5.41, 5.74) is 5.40. The minimum absolute atomic E-state index is 0.237. The number of benzene rings is 4. The number of hydrogen-bond acceptors (Lipinski definition) is 6. The lowest BCUT2D eigenvalue weighted by Crippen LogP contribution is -2.18. The number of nitrogens with zero attached hydrogens (tertiary/aromatic N) is 1. The lowest BCUT2D eigenvalue weighted by molar-refractivity contribution is 0.0739. The number of halogens is 1. The molecule has 0 aliphatic heterocycles. The van der Waals surface area contributed by atoms with Crippen molar-refractivity contribution >= 4 is 62.7 Å². The number of hydrogen-bond donors (Lipinski definition) is 2. The zero-order valence-electron chi connectivity index (χ0n) is 21.2. The maximum atomic E-state index is 12.9. The number of ether oxygens (including phenoxy) is 1. The summed E-state index contributed by atoms with van der Waals surface area (Å²) in [6.07, 6.45) is 1.39. The molecule has 2 amide bonds. The van der Waals surface area contributed by atoms with Crippen LogP contribution in [0.15, 0.2) is 102 Å². The SMILES string of the molecule is Cc1cccc(C(=O)Nc2ccc(C(=O)N/N=C\c3ccccc3OC(=O)c3sc4ccccc4c3Cl)cc2)c1. The molecule has 1 aromatic heterocycles. The zero-order chi connectivity index (χ0) is 28.1. The van der Waals surface area contributed by atoms with Crippen LogP contribution < -0.4 is 15.5 Å². The van der Waals surface area contributed by atoms with Crippen molar-refractivity contribution in [1.82, 2.24) is 5.43 Å². The summed E-state index contributed by atoms with van der Waals surface area (Å²) < 4.78 is 6.50. The Labute approximate surface area is 239 Å². The molecule has 4 aromatic carbocycles. The van der Waals surface area contributed by atoms with Gasteiger partial charge in [0.25, 0.3) is 11.8 Å². The molecule has 0 saturated heterocycles. The van der Waals surface area contributed by atoms with Gasteiger partial charge in [0, 0.05) is 32.5 Å². The molecular weight excluding hydrogens is 546 g/mol. The fourth-order valence-electron chi connectivity index (χ4n) is 3.89. The summed E-state index contributed by atoms with van der Waals surface area (Å²) in [7, 11) is 0. The monoisotopic (exact) mass is 567 g/mol. The summed E-state index contributed by atoms with van der Waals surface area (Å²) in [6.45, 7) is 1.92. The Hall–Kier alpha value is -4.79. The lowest BCUT2D eigenvalue weighted by atomic mass is 10.1. The van der Waals surface area contributed by atoms with E-state index >= 15 is 0 Å². The van der Waals surface area contributed by atoms with Crippen LogP contribution >= 0.6 is 22.9 Å². The Bertz CT molecular complexity index is 1760. The van der Waals surface area contributed by atoms with E-state index in [9.17, 15) is 14.4 Å². The molecule has 9 heteroatoms. The first kappa shape index (κ1) is 26.8. The number of aryl methyl sites for hydroxylation is 1.